The monoisotopic (exact) mass is 374 g/mol. The van der Waals surface area contributed by atoms with Crippen molar-refractivity contribution in [2.75, 3.05) is 18.9 Å². The van der Waals surface area contributed by atoms with Crippen molar-refractivity contribution in [3.05, 3.63) is 52.1 Å². The molecule has 0 radical (unpaired) electrons. The molecule has 2 heterocycles. The fraction of sp³-hybridized carbons (Fsp3) is 0.412. The van der Waals surface area contributed by atoms with E-state index in [1.165, 1.54) is 6.26 Å². The summed E-state index contributed by atoms with van der Waals surface area (Å²) in [7, 11) is -3.79. The Kier molecular flexibility index (Phi) is 6.11. The summed E-state index contributed by atoms with van der Waals surface area (Å²) in [6.45, 7) is 5.42. The minimum absolute atomic E-state index is 0.406. The number of rotatable bonds is 8. The van der Waals surface area contributed by atoms with E-state index in [1.54, 1.807) is 30.4 Å². The predicted octanol–water partition coefficient (Wildman–Crippen LogP) is 5.54. The van der Waals surface area contributed by atoms with Crippen molar-refractivity contribution >= 4 is 25.2 Å². The highest BCUT2D eigenvalue weighted by molar-refractivity contribution is 7.11. The van der Waals surface area contributed by atoms with Gasteiger partial charge in [-0.25, -0.2) is 0 Å². The highest BCUT2D eigenvalue weighted by Crippen LogP contribution is 2.40. The van der Waals surface area contributed by atoms with E-state index in [2.05, 4.69) is 0 Å². The average molecular weight is 374 g/mol. The van der Waals surface area contributed by atoms with Crippen LogP contribution in [0.5, 0.6) is 0 Å². The number of halogens is 3. The van der Waals surface area contributed by atoms with Gasteiger partial charge in [0.05, 0.1) is 6.26 Å². The molecule has 7 heteroatoms. The molecule has 0 N–H and O–H groups in total. The van der Waals surface area contributed by atoms with Gasteiger partial charge >= 0.3 is 0 Å². The van der Waals surface area contributed by atoms with Crippen molar-refractivity contribution in [3.63, 3.8) is 0 Å². The first-order valence-electron chi connectivity index (χ1n) is 7.56. The first-order valence-corrected chi connectivity index (χ1v) is 11.0. The molecule has 0 bridgehead atoms. The van der Waals surface area contributed by atoms with Gasteiger partial charge in [0, 0.05) is 4.88 Å². The number of alkyl halides is 3. The van der Waals surface area contributed by atoms with E-state index < -0.39 is 32.8 Å². The van der Waals surface area contributed by atoms with Crippen molar-refractivity contribution in [3.8, 4) is 0 Å². The Labute approximate surface area is 145 Å². The Morgan fingerprint density at radius 3 is 2.29 bits per heavy atom. The summed E-state index contributed by atoms with van der Waals surface area (Å²) in [6, 6.07) is 7.23. The number of thiophene rings is 1. The Bertz CT molecular complexity index is 658. The van der Waals surface area contributed by atoms with E-state index >= 15 is 0 Å². The average Bonchev–Trinajstić information content (AvgIpc) is 3.32. The van der Waals surface area contributed by atoms with Crippen LogP contribution in [0.4, 0.5) is 13.2 Å². The Hall–Kier alpha value is -1.31. The van der Waals surface area contributed by atoms with E-state index in [1.807, 2.05) is 31.4 Å². The zero-order chi connectivity index (χ0) is 17.8. The van der Waals surface area contributed by atoms with E-state index in [4.69, 9.17) is 8.84 Å². The second-order valence-corrected chi connectivity index (χ2v) is 10.2. The van der Waals surface area contributed by atoms with Crippen LogP contribution in [0.25, 0.3) is 5.57 Å². The van der Waals surface area contributed by atoms with E-state index in [0.717, 1.165) is 16.0 Å². The minimum Gasteiger partial charge on any atom is -0.466 e. The van der Waals surface area contributed by atoms with Crippen LogP contribution in [-0.2, 0) is 10.0 Å². The van der Waals surface area contributed by atoms with Gasteiger partial charge in [0.15, 0.2) is 0 Å². The third-order valence-corrected chi connectivity index (χ3v) is 7.60. The molecule has 0 aliphatic carbocycles. The van der Waals surface area contributed by atoms with E-state index in [0.29, 0.717) is 5.76 Å². The quantitative estimate of drug-likeness (QED) is 0.566. The second-order valence-electron chi connectivity index (χ2n) is 5.92. The van der Waals surface area contributed by atoms with E-state index in [-0.39, 0.29) is 0 Å². The van der Waals surface area contributed by atoms with Crippen molar-refractivity contribution < 1.29 is 22.0 Å². The molecule has 0 amide bonds. The first kappa shape index (κ1) is 19.0. The lowest BCUT2D eigenvalue weighted by molar-refractivity contribution is 0.0763. The first-order chi connectivity index (χ1) is 11.4. The van der Waals surface area contributed by atoms with E-state index in [9.17, 15) is 13.2 Å². The lowest BCUT2D eigenvalue weighted by Gasteiger charge is -2.37. The topological polar surface area (TPSA) is 22.4 Å². The number of furan rings is 1. The van der Waals surface area contributed by atoms with Crippen LogP contribution < -0.4 is 0 Å². The van der Waals surface area contributed by atoms with Crippen LogP contribution in [0.2, 0.25) is 0 Å². The molecule has 0 fully saturated rings. The highest BCUT2D eigenvalue weighted by Gasteiger charge is 2.46. The summed E-state index contributed by atoms with van der Waals surface area (Å²) in [6.07, 6.45) is -1.90. The summed E-state index contributed by atoms with van der Waals surface area (Å²) in [5.74, 6) is 0.406. The summed E-state index contributed by atoms with van der Waals surface area (Å²) in [5.41, 5.74) is 0.434. The zero-order valence-corrected chi connectivity index (χ0v) is 15.8. The number of hydrogen-bond acceptors (Lipinski definition) is 3. The molecule has 0 aromatic carbocycles. The molecule has 0 aliphatic heterocycles. The third kappa shape index (κ3) is 3.53. The predicted molar refractivity (Wildman–Crippen MR) is 93.4 cm³/mol. The smallest absolute Gasteiger partial charge is 0.285 e. The molecule has 0 aliphatic rings. The molecule has 2 rings (SSSR count). The van der Waals surface area contributed by atoms with Crippen LogP contribution in [0.15, 0.2) is 45.9 Å². The van der Waals surface area contributed by atoms with Crippen molar-refractivity contribution in [1.82, 2.24) is 0 Å². The maximum Gasteiger partial charge on any atom is 0.285 e. The van der Waals surface area contributed by atoms with Crippen LogP contribution in [0, 0.1) is 0 Å². The summed E-state index contributed by atoms with van der Waals surface area (Å²) < 4.78 is 51.6. The summed E-state index contributed by atoms with van der Waals surface area (Å²) in [4.78, 5) is 1.02. The molecule has 1 unspecified atom stereocenters. The van der Waals surface area contributed by atoms with Gasteiger partial charge < -0.3 is 8.84 Å². The van der Waals surface area contributed by atoms with Crippen LogP contribution in [0.3, 0.4) is 0 Å². The largest absolute Gasteiger partial charge is 0.466 e. The van der Waals surface area contributed by atoms with Crippen molar-refractivity contribution in [2.45, 2.75) is 26.4 Å². The normalized spacial score (nSPS) is 15.9. The molecule has 2 nitrogen and oxygen atoms in total. The summed E-state index contributed by atoms with van der Waals surface area (Å²) >= 11 is 1.55. The Balaban J connectivity index is 2.55. The molecule has 1 atom stereocenters. The van der Waals surface area contributed by atoms with Gasteiger partial charge in [-0.15, -0.1) is 11.3 Å². The minimum atomic E-state index is -3.79. The van der Waals surface area contributed by atoms with Gasteiger partial charge in [0.1, 0.15) is 30.3 Å². The highest BCUT2D eigenvalue weighted by atomic mass is 32.1. The Morgan fingerprint density at radius 1 is 1.17 bits per heavy atom. The van der Waals surface area contributed by atoms with Crippen LogP contribution in [0.1, 0.15) is 31.4 Å². The molecular weight excluding hydrogens is 353 g/mol. The molecule has 0 saturated heterocycles. The molecule has 24 heavy (non-hydrogen) atoms. The zero-order valence-electron chi connectivity index (χ0n) is 13.9. The second kappa shape index (κ2) is 7.71. The fourth-order valence-electron chi connectivity index (χ4n) is 2.52. The van der Waals surface area contributed by atoms with Gasteiger partial charge in [-0.2, -0.15) is 0 Å². The summed E-state index contributed by atoms with van der Waals surface area (Å²) in [5, 5.41) is 1.95. The van der Waals surface area contributed by atoms with Gasteiger partial charge in [-0.1, -0.05) is 6.07 Å². The molecule has 2 aromatic heterocycles. The third-order valence-electron chi connectivity index (χ3n) is 4.31. The maximum absolute atomic E-state index is 13.4. The van der Waals surface area contributed by atoms with Crippen molar-refractivity contribution in [2.24, 2.45) is 0 Å². The molecular formula is C17H21F3O2SSi. The molecule has 132 valence electrons. The van der Waals surface area contributed by atoms with Gasteiger partial charge in [0.25, 0.3) is 8.32 Å². The number of hydrogen-bond donors (Lipinski definition) is 0. The lowest BCUT2D eigenvalue weighted by Crippen LogP contribution is -2.53. The van der Waals surface area contributed by atoms with Crippen molar-refractivity contribution in [1.29, 1.82) is 0 Å². The molecule has 0 saturated carbocycles. The Morgan fingerprint density at radius 2 is 1.83 bits per heavy atom. The standard InChI is InChI=1S/C17H21F3O2SSi/c1-13(15-6-5-9-23-15)14(2)17(3,16-7-4-8-21-16)22-24(10-18,11-19)12-20/h4-9H,10-12H2,1-3H3. The van der Waals surface area contributed by atoms with Crippen LogP contribution >= 0.6 is 11.3 Å². The molecule has 0 spiro atoms. The maximum atomic E-state index is 13.4. The molecule has 2 aromatic rings. The van der Waals surface area contributed by atoms with Crippen LogP contribution in [-0.4, -0.2) is 27.2 Å². The fourth-order valence-corrected chi connectivity index (χ4v) is 4.81. The van der Waals surface area contributed by atoms with Gasteiger partial charge in [0.2, 0.25) is 0 Å². The lowest BCUT2D eigenvalue weighted by atomic mass is 9.90. The number of allylic oxidation sites excluding steroid dienone is 1. The SMILES string of the molecule is CC(=C(C)C(C)(O[Si](CF)(CF)CF)c1ccco1)c1cccs1. The van der Waals surface area contributed by atoms with Gasteiger partial charge in [-0.3, -0.25) is 13.2 Å². The van der Waals surface area contributed by atoms with Gasteiger partial charge in [-0.05, 0) is 55.5 Å².